The van der Waals surface area contributed by atoms with Gasteiger partial charge in [0.05, 0.1) is 12.8 Å². The molecule has 2 N–H and O–H groups in total. The lowest BCUT2D eigenvalue weighted by Gasteiger charge is -2.20. The number of para-hydroxylation sites is 2. The highest BCUT2D eigenvalue weighted by molar-refractivity contribution is 5.97. The van der Waals surface area contributed by atoms with E-state index < -0.39 is 0 Å². The molecule has 0 aliphatic heterocycles. The molecule has 24 heavy (non-hydrogen) atoms. The normalized spacial score (nSPS) is 12.4. The molecule has 2 aromatic rings. The summed E-state index contributed by atoms with van der Waals surface area (Å²) >= 11 is 0. The van der Waals surface area contributed by atoms with Gasteiger partial charge in [0.25, 0.3) is 0 Å². The Labute approximate surface area is 144 Å². The number of carbonyl (C=O) groups is 1. The summed E-state index contributed by atoms with van der Waals surface area (Å²) in [6.45, 7) is 8.37. The number of ether oxygens (including phenoxy) is 1. The first-order chi connectivity index (χ1) is 11.3. The van der Waals surface area contributed by atoms with Crippen LogP contribution >= 0.6 is 0 Å². The lowest BCUT2D eigenvalue weighted by molar-refractivity contribution is -0.116. The van der Waals surface area contributed by atoms with E-state index in [1.165, 1.54) is 5.56 Å². The van der Waals surface area contributed by atoms with Crippen molar-refractivity contribution >= 4 is 17.3 Å². The molecule has 0 bridgehead atoms. The minimum absolute atomic E-state index is 0.112. The largest absolute Gasteiger partial charge is 0.495 e. The highest BCUT2D eigenvalue weighted by Crippen LogP contribution is 2.25. The fourth-order valence-electron chi connectivity index (χ4n) is 2.37. The molecule has 1 amide bonds. The van der Waals surface area contributed by atoms with E-state index in [1.807, 2.05) is 43.3 Å². The van der Waals surface area contributed by atoms with E-state index in [9.17, 15) is 4.79 Å². The van der Waals surface area contributed by atoms with E-state index in [4.69, 9.17) is 4.74 Å². The van der Waals surface area contributed by atoms with Crippen LogP contribution in [0.15, 0.2) is 48.5 Å². The number of rotatable bonds is 5. The second-order valence-electron chi connectivity index (χ2n) is 6.88. The van der Waals surface area contributed by atoms with Gasteiger partial charge < -0.3 is 15.4 Å². The van der Waals surface area contributed by atoms with E-state index >= 15 is 0 Å². The molecule has 0 unspecified atom stereocenters. The summed E-state index contributed by atoms with van der Waals surface area (Å²) in [4.78, 5) is 12.4. The Balaban J connectivity index is 2.01. The van der Waals surface area contributed by atoms with Gasteiger partial charge in [-0.3, -0.25) is 4.79 Å². The quantitative estimate of drug-likeness (QED) is 0.854. The molecule has 0 saturated carbocycles. The van der Waals surface area contributed by atoms with Crippen LogP contribution in [0.3, 0.4) is 0 Å². The molecule has 128 valence electrons. The van der Waals surface area contributed by atoms with Crippen LogP contribution in [-0.2, 0) is 10.2 Å². The van der Waals surface area contributed by atoms with Gasteiger partial charge in [0.15, 0.2) is 0 Å². The Morgan fingerprint density at radius 3 is 2.25 bits per heavy atom. The average Bonchev–Trinajstić information content (AvgIpc) is 2.55. The summed E-state index contributed by atoms with van der Waals surface area (Å²) in [5.74, 6) is 0.534. The Kier molecular flexibility index (Phi) is 5.50. The maximum Gasteiger partial charge on any atom is 0.246 e. The van der Waals surface area contributed by atoms with Crippen molar-refractivity contribution in [3.63, 3.8) is 0 Å². The minimum Gasteiger partial charge on any atom is -0.495 e. The number of benzene rings is 2. The van der Waals surface area contributed by atoms with Crippen molar-refractivity contribution in [1.29, 1.82) is 0 Å². The summed E-state index contributed by atoms with van der Waals surface area (Å²) in [6, 6.07) is 15.2. The van der Waals surface area contributed by atoms with Crippen LogP contribution < -0.4 is 15.4 Å². The maximum atomic E-state index is 12.4. The molecular formula is C20H26N2O2. The number of hydrogen-bond donors (Lipinski definition) is 2. The molecule has 0 fully saturated rings. The Morgan fingerprint density at radius 1 is 1.04 bits per heavy atom. The standard InChI is InChI=1S/C20H26N2O2/c1-14(19(23)22-17-8-6-7-9-18(17)24-5)21-16-12-10-15(11-13-16)20(2,3)4/h6-14,21H,1-5H3,(H,22,23)/t14-/m1/s1. The summed E-state index contributed by atoms with van der Waals surface area (Å²) in [5.41, 5.74) is 2.97. The lowest BCUT2D eigenvalue weighted by atomic mass is 9.87. The molecule has 0 heterocycles. The van der Waals surface area contributed by atoms with E-state index in [0.717, 1.165) is 5.69 Å². The third-order valence-corrected chi connectivity index (χ3v) is 3.89. The molecule has 0 aromatic heterocycles. The number of methoxy groups -OCH3 is 1. The van der Waals surface area contributed by atoms with Crippen LogP contribution in [0, 0.1) is 0 Å². The molecule has 0 saturated heterocycles. The topological polar surface area (TPSA) is 50.4 Å². The van der Waals surface area contributed by atoms with Gasteiger partial charge in [0.2, 0.25) is 5.91 Å². The third-order valence-electron chi connectivity index (χ3n) is 3.89. The number of amides is 1. The van der Waals surface area contributed by atoms with Crippen molar-refractivity contribution in [2.24, 2.45) is 0 Å². The summed E-state index contributed by atoms with van der Waals surface area (Å²) in [6.07, 6.45) is 0. The van der Waals surface area contributed by atoms with Crippen molar-refractivity contribution in [3.05, 3.63) is 54.1 Å². The fraction of sp³-hybridized carbons (Fsp3) is 0.350. The molecule has 4 nitrogen and oxygen atoms in total. The fourth-order valence-corrected chi connectivity index (χ4v) is 2.37. The first kappa shape index (κ1) is 17.9. The van der Waals surface area contributed by atoms with Crippen molar-refractivity contribution in [2.75, 3.05) is 17.7 Å². The van der Waals surface area contributed by atoms with E-state index in [1.54, 1.807) is 7.11 Å². The van der Waals surface area contributed by atoms with Crippen molar-refractivity contribution < 1.29 is 9.53 Å². The number of hydrogen-bond acceptors (Lipinski definition) is 3. The molecule has 0 spiro atoms. The van der Waals surface area contributed by atoms with Gasteiger partial charge in [-0.2, -0.15) is 0 Å². The maximum absolute atomic E-state index is 12.4. The monoisotopic (exact) mass is 326 g/mol. The van der Waals surface area contributed by atoms with Gasteiger partial charge in [-0.1, -0.05) is 45.0 Å². The van der Waals surface area contributed by atoms with Crippen molar-refractivity contribution in [2.45, 2.75) is 39.2 Å². The molecule has 2 aromatic carbocycles. The second-order valence-corrected chi connectivity index (χ2v) is 6.88. The molecular weight excluding hydrogens is 300 g/mol. The predicted octanol–water partition coefficient (Wildman–Crippen LogP) is 4.43. The molecule has 0 radical (unpaired) electrons. The second kappa shape index (κ2) is 7.39. The first-order valence-corrected chi connectivity index (χ1v) is 8.12. The van der Waals surface area contributed by atoms with Gasteiger partial charge in [-0.25, -0.2) is 0 Å². The third kappa shape index (κ3) is 4.51. The SMILES string of the molecule is COc1ccccc1NC(=O)[C@@H](C)Nc1ccc(C(C)(C)C)cc1. The Bertz CT molecular complexity index is 688. The van der Waals surface area contributed by atoms with Crippen LogP contribution in [0.5, 0.6) is 5.75 Å². The van der Waals surface area contributed by atoms with Gasteiger partial charge in [0.1, 0.15) is 11.8 Å². The van der Waals surface area contributed by atoms with Crippen LogP contribution in [0.4, 0.5) is 11.4 Å². The molecule has 0 aliphatic carbocycles. The van der Waals surface area contributed by atoms with E-state index in [2.05, 4.69) is 43.5 Å². The van der Waals surface area contributed by atoms with Gasteiger partial charge in [-0.05, 0) is 42.2 Å². The summed E-state index contributed by atoms with van der Waals surface area (Å²) < 4.78 is 5.25. The van der Waals surface area contributed by atoms with Crippen LogP contribution in [0.2, 0.25) is 0 Å². The number of carbonyl (C=O) groups excluding carboxylic acids is 1. The van der Waals surface area contributed by atoms with E-state index in [-0.39, 0.29) is 17.4 Å². The van der Waals surface area contributed by atoms with Gasteiger partial charge in [-0.15, -0.1) is 0 Å². The van der Waals surface area contributed by atoms with Crippen molar-refractivity contribution in [3.8, 4) is 5.75 Å². The van der Waals surface area contributed by atoms with Crippen LogP contribution in [0.1, 0.15) is 33.3 Å². The molecule has 1 atom stereocenters. The molecule has 0 aliphatic rings. The zero-order chi connectivity index (χ0) is 17.7. The molecule has 2 rings (SSSR count). The minimum atomic E-state index is -0.365. The zero-order valence-corrected chi connectivity index (χ0v) is 15.0. The zero-order valence-electron chi connectivity index (χ0n) is 15.0. The van der Waals surface area contributed by atoms with Crippen molar-refractivity contribution in [1.82, 2.24) is 0 Å². The lowest BCUT2D eigenvalue weighted by Crippen LogP contribution is -2.32. The smallest absolute Gasteiger partial charge is 0.246 e. The Hall–Kier alpha value is -2.49. The first-order valence-electron chi connectivity index (χ1n) is 8.12. The average molecular weight is 326 g/mol. The number of nitrogens with one attached hydrogen (secondary N) is 2. The van der Waals surface area contributed by atoms with Gasteiger partial charge >= 0.3 is 0 Å². The predicted molar refractivity (Wildman–Crippen MR) is 99.9 cm³/mol. The Morgan fingerprint density at radius 2 is 1.67 bits per heavy atom. The van der Waals surface area contributed by atoms with E-state index in [0.29, 0.717) is 11.4 Å². The number of anilines is 2. The van der Waals surface area contributed by atoms with Gasteiger partial charge in [0, 0.05) is 5.69 Å². The molecule has 4 heteroatoms. The summed E-state index contributed by atoms with van der Waals surface area (Å²) in [7, 11) is 1.59. The van der Waals surface area contributed by atoms with Crippen LogP contribution in [-0.4, -0.2) is 19.1 Å². The summed E-state index contributed by atoms with van der Waals surface area (Å²) in [5, 5.41) is 6.12. The van der Waals surface area contributed by atoms with Crippen LogP contribution in [0.25, 0.3) is 0 Å². The highest BCUT2D eigenvalue weighted by Gasteiger charge is 2.16. The highest BCUT2D eigenvalue weighted by atomic mass is 16.5.